The third-order valence-corrected chi connectivity index (χ3v) is 10.4. The monoisotopic (exact) mass is 592 g/mol. The first-order valence-corrected chi connectivity index (χ1v) is 16.6. The zero-order valence-corrected chi connectivity index (χ0v) is 25.4. The highest BCUT2D eigenvalue weighted by Gasteiger charge is 2.45. The number of phenolic OH excluding ortho intramolecular Hbond substituents is 1. The number of Topliss-reactive ketones (excluding diaryl/α,β-unsaturated/α-hetero) is 1. The van der Waals surface area contributed by atoms with E-state index in [-0.39, 0.29) is 42.1 Å². The van der Waals surface area contributed by atoms with Crippen molar-refractivity contribution in [2.75, 3.05) is 6.61 Å². The zero-order valence-electron chi connectivity index (χ0n) is 25.4. The molecule has 4 nitrogen and oxygen atoms in total. The molecule has 1 aromatic rings. The molecule has 0 aliphatic heterocycles. The van der Waals surface area contributed by atoms with Crippen LogP contribution in [0.15, 0.2) is 24.8 Å². The summed E-state index contributed by atoms with van der Waals surface area (Å²) < 4.78 is 55.2. The molecule has 0 aromatic heterocycles. The van der Waals surface area contributed by atoms with Gasteiger partial charge in [0.25, 0.3) is 0 Å². The van der Waals surface area contributed by atoms with E-state index in [0.717, 1.165) is 50.4 Å². The number of hydrogen-bond donors (Lipinski definition) is 1. The second-order valence-electron chi connectivity index (χ2n) is 13.1. The summed E-state index contributed by atoms with van der Waals surface area (Å²) in [5.74, 6) is -0.207. The number of benzene rings is 1. The minimum atomic E-state index is -3.09. The highest BCUT2D eigenvalue weighted by molar-refractivity contribution is 5.98. The largest absolute Gasteiger partial charge is 0.504 e. The number of carbonyl (C=O) groups excluding carboxylic acids is 1. The van der Waals surface area contributed by atoms with Crippen LogP contribution in [0.5, 0.6) is 11.5 Å². The lowest BCUT2D eigenvalue weighted by molar-refractivity contribution is -0.302. The fraction of sp³-hybridized carbons (Fsp3) is 0.743. The molecule has 236 valence electrons. The van der Waals surface area contributed by atoms with Crippen LogP contribution in [0.2, 0.25) is 0 Å². The van der Waals surface area contributed by atoms with E-state index in [1.807, 2.05) is 6.08 Å². The van der Waals surface area contributed by atoms with Gasteiger partial charge in [0.05, 0.1) is 24.2 Å². The van der Waals surface area contributed by atoms with Crippen molar-refractivity contribution in [3.8, 4) is 11.5 Å². The van der Waals surface area contributed by atoms with Crippen LogP contribution >= 0.6 is 0 Å². The molecule has 3 aliphatic carbocycles. The van der Waals surface area contributed by atoms with E-state index in [1.54, 1.807) is 6.92 Å². The molecule has 1 aromatic carbocycles. The van der Waals surface area contributed by atoms with Crippen molar-refractivity contribution >= 4 is 5.78 Å². The molecule has 0 amide bonds. The molecule has 0 unspecified atom stereocenters. The van der Waals surface area contributed by atoms with Gasteiger partial charge in [-0.3, -0.25) is 4.79 Å². The third kappa shape index (κ3) is 8.76. The lowest BCUT2D eigenvalue weighted by Gasteiger charge is -2.40. The number of halogens is 3. The van der Waals surface area contributed by atoms with Crippen molar-refractivity contribution in [1.82, 2.24) is 0 Å². The third-order valence-electron chi connectivity index (χ3n) is 10.4. The minimum Gasteiger partial charge on any atom is -0.504 e. The molecule has 4 rings (SSSR count). The molecule has 0 atom stereocenters. The average molecular weight is 593 g/mol. The van der Waals surface area contributed by atoms with Crippen LogP contribution in [0.4, 0.5) is 13.2 Å². The van der Waals surface area contributed by atoms with Gasteiger partial charge in [0.15, 0.2) is 17.3 Å². The molecule has 42 heavy (non-hydrogen) atoms. The first-order valence-electron chi connectivity index (χ1n) is 16.6. The Morgan fingerprint density at radius 2 is 1.55 bits per heavy atom. The number of phenols is 1. The number of ether oxygens (including phenoxy) is 2. The maximum atomic E-state index is 15.2. The van der Waals surface area contributed by atoms with Crippen molar-refractivity contribution in [3.63, 3.8) is 0 Å². The van der Waals surface area contributed by atoms with E-state index in [1.165, 1.54) is 44.2 Å². The minimum absolute atomic E-state index is 0.0443. The molecule has 0 heterocycles. The van der Waals surface area contributed by atoms with Crippen LogP contribution in [-0.4, -0.2) is 29.7 Å². The molecular formula is C35H51F3O4. The summed E-state index contributed by atoms with van der Waals surface area (Å²) in [6.45, 7) is 5.80. The highest BCUT2D eigenvalue weighted by atomic mass is 19.3. The maximum absolute atomic E-state index is 15.2. The summed E-state index contributed by atoms with van der Waals surface area (Å²) in [5, 5.41) is 10.1. The molecule has 0 saturated heterocycles. The molecule has 3 saturated carbocycles. The lowest BCUT2D eigenvalue weighted by atomic mass is 9.70. The average Bonchev–Trinajstić information content (AvgIpc) is 2.99. The van der Waals surface area contributed by atoms with Gasteiger partial charge >= 0.3 is 6.11 Å². The summed E-state index contributed by atoms with van der Waals surface area (Å²) in [5.41, 5.74) is -0.0443. The summed E-state index contributed by atoms with van der Waals surface area (Å²) in [6, 6.07) is 2.75. The van der Waals surface area contributed by atoms with Crippen LogP contribution in [-0.2, 0) is 4.74 Å². The molecule has 0 spiro atoms. The molecule has 3 fully saturated rings. The summed E-state index contributed by atoms with van der Waals surface area (Å²) in [7, 11) is 0. The van der Waals surface area contributed by atoms with E-state index in [4.69, 9.17) is 9.47 Å². The Morgan fingerprint density at radius 3 is 2.17 bits per heavy atom. The predicted octanol–water partition coefficient (Wildman–Crippen LogP) is 10.0. The van der Waals surface area contributed by atoms with Crippen molar-refractivity contribution in [3.05, 3.63) is 36.2 Å². The molecular weight excluding hydrogens is 541 g/mol. The van der Waals surface area contributed by atoms with Gasteiger partial charge in [-0.15, -0.1) is 6.58 Å². The number of aromatic hydroxyl groups is 1. The quantitative estimate of drug-likeness (QED) is 0.173. The fourth-order valence-corrected chi connectivity index (χ4v) is 7.81. The van der Waals surface area contributed by atoms with Crippen molar-refractivity contribution < 1.29 is 32.5 Å². The summed E-state index contributed by atoms with van der Waals surface area (Å²) in [4.78, 5) is 12.6. The van der Waals surface area contributed by atoms with Crippen molar-refractivity contribution in [2.45, 2.75) is 128 Å². The zero-order chi connectivity index (χ0) is 30.1. The van der Waals surface area contributed by atoms with Crippen molar-refractivity contribution in [2.24, 2.45) is 29.6 Å². The van der Waals surface area contributed by atoms with E-state index in [0.29, 0.717) is 38.0 Å². The van der Waals surface area contributed by atoms with E-state index < -0.39 is 23.6 Å². The Bertz CT molecular complexity index is 1000. The fourth-order valence-electron chi connectivity index (χ4n) is 7.81. The number of rotatable bonds is 14. The van der Waals surface area contributed by atoms with Gasteiger partial charge in [0.2, 0.25) is 5.82 Å². The van der Waals surface area contributed by atoms with E-state index in [2.05, 4.69) is 6.58 Å². The molecule has 0 radical (unpaired) electrons. The van der Waals surface area contributed by atoms with Crippen LogP contribution in [0.3, 0.4) is 0 Å². The van der Waals surface area contributed by atoms with Gasteiger partial charge in [-0.2, -0.15) is 13.2 Å². The number of alkyl halides is 2. The van der Waals surface area contributed by atoms with Crippen LogP contribution in [0.25, 0.3) is 0 Å². The standard InChI is InChI=1S/C35H51F3O4/c1-3-5-7-24-10-14-26(15-11-24)27-16-20-29(21-17-27)42-35(37,38)28-18-12-25(13-19-28)8-6-9-31(39)30-22-23-32(41-4-2)33(36)34(30)40/h3,22-29,40H,1,4-21H2,2H3. The van der Waals surface area contributed by atoms with Gasteiger partial charge in [0, 0.05) is 6.42 Å². The SMILES string of the molecule is C=CCCC1CCC(C2CCC(OC(F)(F)C3CCC(CCCC(=O)c4ccc(OCC)c(F)c4O)CC3)CC2)CC1. The predicted molar refractivity (Wildman–Crippen MR) is 160 cm³/mol. The number of ketones is 1. The topological polar surface area (TPSA) is 55.8 Å². The summed E-state index contributed by atoms with van der Waals surface area (Å²) in [6.07, 6.45) is 13.4. The van der Waals surface area contributed by atoms with Gasteiger partial charge in [-0.05, 0) is 126 Å². The van der Waals surface area contributed by atoms with Crippen LogP contribution in [0.1, 0.15) is 126 Å². The Labute approximate surface area is 250 Å². The summed E-state index contributed by atoms with van der Waals surface area (Å²) >= 11 is 0. The second kappa shape index (κ2) is 15.6. The highest BCUT2D eigenvalue weighted by Crippen LogP contribution is 2.45. The number of allylic oxidation sites excluding steroid dienone is 1. The van der Waals surface area contributed by atoms with Gasteiger partial charge in [-0.25, -0.2) is 0 Å². The lowest BCUT2D eigenvalue weighted by Crippen LogP contribution is -2.39. The van der Waals surface area contributed by atoms with Crippen LogP contribution < -0.4 is 4.74 Å². The Balaban J connectivity index is 1.13. The van der Waals surface area contributed by atoms with Crippen LogP contribution in [0, 0.1) is 35.4 Å². The second-order valence-corrected chi connectivity index (χ2v) is 13.1. The Kier molecular flexibility index (Phi) is 12.2. The number of carbonyl (C=O) groups is 1. The molecule has 1 N–H and O–H groups in total. The first kappa shape index (κ1) is 32.9. The molecule has 7 heteroatoms. The van der Waals surface area contributed by atoms with Gasteiger partial charge < -0.3 is 14.6 Å². The Morgan fingerprint density at radius 1 is 0.952 bits per heavy atom. The first-order chi connectivity index (χ1) is 20.2. The molecule has 3 aliphatic rings. The van der Waals surface area contributed by atoms with E-state index in [9.17, 15) is 14.3 Å². The van der Waals surface area contributed by atoms with Gasteiger partial charge in [-0.1, -0.05) is 25.3 Å². The smallest absolute Gasteiger partial charge is 0.358 e. The van der Waals surface area contributed by atoms with Gasteiger partial charge in [0.1, 0.15) is 0 Å². The number of hydrogen-bond acceptors (Lipinski definition) is 4. The molecule has 0 bridgehead atoms. The maximum Gasteiger partial charge on any atom is 0.358 e. The Hall–Kier alpha value is -2.02. The normalized spacial score (nSPS) is 28.8. The van der Waals surface area contributed by atoms with E-state index >= 15 is 8.78 Å². The van der Waals surface area contributed by atoms with Crippen molar-refractivity contribution in [1.29, 1.82) is 0 Å².